The van der Waals surface area contributed by atoms with E-state index in [1.54, 1.807) is 18.2 Å². The standard InChI is InChI=1S/C19H29N3O3/c1-14(2)10-16(22-8-6-21(3)7-9-22)12-20-19(23)15-4-5-17-18(11-15)25-13-24-17/h4-5,11,14,16H,6-10,12-13H2,1-3H3,(H,20,23). The lowest BCUT2D eigenvalue weighted by Crippen LogP contribution is -2.52. The largest absolute Gasteiger partial charge is 0.454 e. The Labute approximate surface area is 150 Å². The van der Waals surface area contributed by atoms with Crippen LogP contribution in [-0.4, -0.2) is 68.3 Å². The zero-order valence-electron chi connectivity index (χ0n) is 15.5. The van der Waals surface area contributed by atoms with E-state index in [4.69, 9.17) is 9.47 Å². The molecule has 1 unspecified atom stereocenters. The average molecular weight is 347 g/mol. The van der Waals surface area contributed by atoms with Crippen LogP contribution in [0.15, 0.2) is 18.2 Å². The van der Waals surface area contributed by atoms with Gasteiger partial charge in [-0.2, -0.15) is 0 Å². The first-order chi connectivity index (χ1) is 12.0. The highest BCUT2D eigenvalue weighted by atomic mass is 16.7. The molecule has 1 N–H and O–H groups in total. The van der Waals surface area contributed by atoms with E-state index in [1.807, 2.05) is 0 Å². The molecule has 1 fully saturated rings. The second-order valence-electron chi connectivity index (χ2n) is 7.40. The number of nitrogens with zero attached hydrogens (tertiary/aromatic N) is 2. The van der Waals surface area contributed by atoms with E-state index < -0.39 is 0 Å². The van der Waals surface area contributed by atoms with E-state index in [0.29, 0.717) is 35.6 Å². The molecule has 138 valence electrons. The summed E-state index contributed by atoms with van der Waals surface area (Å²) in [5.74, 6) is 1.89. The van der Waals surface area contributed by atoms with E-state index >= 15 is 0 Å². The minimum Gasteiger partial charge on any atom is -0.454 e. The number of nitrogens with one attached hydrogen (secondary N) is 1. The molecule has 1 saturated heterocycles. The van der Waals surface area contributed by atoms with Crippen molar-refractivity contribution < 1.29 is 14.3 Å². The molecule has 0 saturated carbocycles. The Bertz CT molecular complexity index is 598. The van der Waals surface area contributed by atoms with Gasteiger partial charge in [-0.1, -0.05) is 13.8 Å². The summed E-state index contributed by atoms with van der Waals surface area (Å²) in [5.41, 5.74) is 0.617. The van der Waals surface area contributed by atoms with E-state index in [1.165, 1.54) is 0 Å². The number of carbonyl (C=O) groups excluding carboxylic acids is 1. The highest BCUT2D eigenvalue weighted by Crippen LogP contribution is 2.32. The van der Waals surface area contributed by atoms with Crippen LogP contribution in [-0.2, 0) is 0 Å². The first kappa shape index (κ1) is 18.0. The molecule has 2 aliphatic rings. The second kappa shape index (κ2) is 8.06. The summed E-state index contributed by atoms with van der Waals surface area (Å²) in [6.45, 7) is 9.68. The molecule has 1 amide bonds. The first-order valence-corrected chi connectivity index (χ1v) is 9.13. The number of fused-ring (bicyclic) bond motifs is 1. The van der Waals surface area contributed by atoms with Gasteiger partial charge in [-0.25, -0.2) is 0 Å². The van der Waals surface area contributed by atoms with Gasteiger partial charge in [0, 0.05) is 44.3 Å². The maximum absolute atomic E-state index is 12.5. The zero-order valence-corrected chi connectivity index (χ0v) is 15.5. The van der Waals surface area contributed by atoms with Crippen LogP contribution in [0.3, 0.4) is 0 Å². The summed E-state index contributed by atoms with van der Waals surface area (Å²) in [5, 5.41) is 3.11. The summed E-state index contributed by atoms with van der Waals surface area (Å²) in [6, 6.07) is 5.72. The number of hydrogen-bond donors (Lipinski definition) is 1. The van der Waals surface area contributed by atoms with Crippen LogP contribution in [0.1, 0.15) is 30.6 Å². The third-order valence-corrected chi connectivity index (χ3v) is 4.93. The molecule has 25 heavy (non-hydrogen) atoms. The van der Waals surface area contributed by atoms with Crippen molar-refractivity contribution in [3.05, 3.63) is 23.8 Å². The van der Waals surface area contributed by atoms with Crippen LogP contribution < -0.4 is 14.8 Å². The Hall–Kier alpha value is -1.79. The lowest BCUT2D eigenvalue weighted by molar-refractivity contribution is 0.0850. The Morgan fingerprint density at radius 3 is 2.60 bits per heavy atom. The molecule has 1 aromatic rings. The maximum atomic E-state index is 12.5. The molecular weight excluding hydrogens is 318 g/mol. The number of rotatable bonds is 6. The number of ether oxygens (including phenoxy) is 2. The van der Waals surface area contributed by atoms with E-state index in [9.17, 15) is 4.79 Å². The van der Waals surface area contributed by atoms with Crippen molar-refractivity contribution in [1.29, 1.82) is 0 Å². The Kier molecular flexibility index (Phi) is 5.81. The molecule has 0 aromatic heterocycles. The van der Waals surface area contributed by atoms with Crippen molar-refractivity contribution in [3.63, 3.8) is 0 Å². The van der Waals surface area contributed by atoms with Gasteiger partial charge in [-0.3, -0.25) is 9.69 Å². The quantitative estimate of drug-likeness (QED) is 0.851. The van der Waals surface area contributed by atoms with Crippen molar-refractivity contribution in [2.45, 2.75) is 26.3 Å². The normalized spacial score (nSPS) is 19.2. The van der Waals surface area contributed by atoms with Gasteiger partial charge in [-0.05, 0) is 37.6 Å². The number of benzene rings is 1. The molecule has 3 rings (SSSR count). The molecule has 2 heterocycles. The van der Waals surface area contributed by atoms with Crippen molar-refractivity contribution in [1.82, 2.24) is 15.1 Å². The summed E-state index contributed by atoms with van der Waals surface area (Å²) < 4.78 is 10.7. The molecule has 0 spiro atoms. The van der Waals surface area contributed by atoms with Crippen LogP contribution in [0.5, 0.6) is 11.5 Å². The number of likely N-dealkylation sites (N-methyl/N-ethyl adjacent to an activating group) is 1. The van der Waals surface area contributed by atoms with Gasteiger partial charge in [0.1, 0.15) is 0 Å². The molecule has 1 atom stereocenters. The van der Waals surface area contributed by atoms with Gasteiger partial charge in [-0.15, -0.1) is 0 Å². The van der Waals surface area contributed by atoms with E-state index in [-0.39, 0.29) is 12.7 Å². The van der Waals surface area contributed by atoms with Crippen molar-refractivity contribution in [2.75, 3.05) is 46.6 Å². The lowest BCUT2D eigenvalue weighted by Gasteiger charge is -2.38. The number of carbonyl (C=O) groups is 1. The molecule has 2 aliphatic heterocycles. The Balaban J connectivity index is 1.59. The number of hydrogen-bond acceptors (Lipinski definition) is 5. The first-order valence-electron chi connectivity index (χ1n) is 9.13. The molecule has 0 aliphatic carbocycles. The molecule has 6 heteroatoms. The predicted molar refractivity (Wildman–Crippen MR) is 97.2 cm³/mol. The summed E-state index contributed by atoms with van der Waals surface area (Å²) >= 11 is 0. The van der Waals surface area contributed by atoms with Crippen LogP contribution >= 0.6 is 0 Å². The fourth-order valence-electron chi connectivity index (χ4n) is 3.44. The van der Waals surface area contributed by atoms with Gasteiger partial charge in [0.05, 0.1) is 0 Å². The SMILES string of the molecule is CC(C)CC(CNC(=O)c1ccc2c(c1)OCO2)N1CCN(C)CC1. The predicted octanol–water partition coefficient (Wildman–Crippen LogP) is 1.81. The topological polar surface area (TPSA) is 54.0 Å². The average Bonchev–Trinajstić information content (AvgIpc) is 3.06. The van der Waals surface area contributed by atoms with Crippen LogP contribution in [0, 0.1) is 5.92 Å². The zero-order chi connectivity index (χ0) is 17.8. The maximum Gasteiger partial charge on any atom is 0.251 e. The van der Waals surface area contributed by atoms with Crippen LogP contribution in [0.4, 0.5) is 0 Å². The minimum atomic E-state index is -0.0545. The van der Waals surface area contributed by atoms with Crippen molar-refractivity contribution in [3.8, 4) is 11.5 Å². The monoisotopic (exact) mass is 347 g/mol. The van der Waals surface area contributed by atoms with E-state index in [2.05, 4.69) is 36.0 Å². The summed E-state index contributed by atoms with van der Waals surface area (Å²) in [6.07, 6.45) is 1.09. The highest BCUT2D eigenvalue weighted by molar-refractivity contribution is 5.94. The Morgan fingerprint density at radius 2 is 1.88 bits per heavy atom. The molecule has 6 nitrogen and oxygen atoms in total. The lowest BCUT2D eigenvalue weighted by atomic mass is 10.0. The number of amides is 1. The summed E-state index contributed by atoms with van der Waals surface area (Å²) in [7, 11) is 2.16. The molecule has 0 radical (unpaired) electrons. The van der Waals surface area contributed by atoms with Crippen LogP contribution in [0.2, 0.25) is 0 Å². The number of piperazine rings is 1. The van der Waals surface area contributed by atoms with Gasteiger partial charge in [0.15, 0.2) is 11.5 Å². The van der Waals surface area contributed by atoms with E-state index in [0.717, 1.165) is 32.6 Å². The van der Waals surface area contributed by atoms with Crippen LogP contribution in [0.25, 0.3) is 0 Å². The van der Waals surface area contributed by atoms with Gasteiger partial charge in [0.2, 0.25) is 6.79 Å². The van der Waals surface area contributed by atoms with Gasteiger partial charge in [0.25, 0.3) is 5.91 Å². The van der Waals surface area contributed by atoms with Gasteiger partial charge >= 0.3 is 0 Å². The summed E-state index contributed by atoms with van der Waals surface area (Å²) in [4.78, 5) is 17.4. The highest BCUT2D eigenvalue weighted by Gasteiger charge is 2.24. The second-order valence-corrected chi connectivity index (χ2v) is 7.40. The van der Waals surface area contributed by atoms with Gasteiger partial charge < -0.3 is 19.7 Å². The van der Waals surface area contributed by atoms with Crippen molar-refractivity contribution in [2.24, 2.45) is 5.92 Å². The molecule has 0 bridgehead atoms. The fourth-order valence-corrected chi connectivity index (χ4v) is 3.44. The fraction of sp³-hybridized carbons (Fsp3) is 0.632. The molecule has 1 aromatic carbocycles. The molecular formula is C19H29N3O3. The third-order valence-electron chi connectivity index (χ3n) is 4.93. The smallest absolute Gasteiger partial charge is 0.251 e. The third kappa shape index (κ3) is 4.64. The minimum absolute atomic E-state index is 0.0545. The Morgan fingerprint density at radius 1 is 1.16 bits per heavy atom. The van der Waals surface area contributed by atoms with Crippen molar-refractivity contribution >= 4 is 5.91 Å².